The highest BCUT2D eigenvalue weighted by atomic mass is 19.1. The zero-order chi connectivity index (χ0) is 22.8. The van der Waals surface area contributed by atoms with Crippen LogP contribution in [0.5, 0.6) is 5.75 Å². The number of pyridine rings is 1. The third-order valence-electron chi connectivity index (χ3n) is 5.30. The summed E-state index contributed by atoms with van der Waals surface area (Å²) in [6.07, 6.45) is 4.76. The van der Waals surface area contributed by atoms with Gasteiger partial charge in [-0.2, -0.15) is 10.5 Å². The van der Waals surface area contributed by atoms with Gasteiger partial charge in [0.25, 0.3) is 0 Å². The number of aromatic nitrogens is 2. The van der Waals surface area contributed by atoms with Crippen LogP contribution in [0.25, 0.3) is 27.7 Å². The molecule has 0 bridgehead atoms. The number of urea groups is 1. The van der Waals surface area contributed by atoms with Crippen molar-refractivity contribution in [2.24, 2.45) is 0 Å². The first kappa shape index (κ1) is 20.8. The van der Waals surface area contributed by atoms with E-state index in [-0.39, 0.29) is 40.0 Å². The van der Waals surface area contributed by atoms with Crippen molar-refractivity contribution in [3.8, 4) is 29.1 Å². The average molecular weight is 434 g/mol. The van der Waals surface area contributed by atoms with Crippen LogP contribution in [-0.2, 0) is 0 Å². The quantitative estimate of drug-likeness (QED) is 0.482. The molecule has 0 spiro atoms. The molecule has 0 atom stereocenters. The number of nitriles is 2. The summed E-state index contributed by atoms with van der Waals surface area (Å²) >= 11 is 0. The Morgan fingerprint density at radius 1 is 1.34 bits per heavy atom. The Hall–Kier alpha value is -4.44. The Morgan fingerprint density at radius 2 is 2.16 bits per heavy atom. The molecule has 160 valence electrons. The van der Waals surface area contributed by atoms with Gasteiger partial charge < -0.3 is 14.6 Å². The molecule has 3 aromatic rings. The van der Waals surface area contributed by atoms with E-state index in [0.29, 0.717) is 18.7 Å². The Bertz CT molecular complexity index is 1350. The highest BCUT2D eigenvalue weighted by Crippen LogP contribution is 2.40. The largest absolute Gasteiger partial charge is 0.496 e. The summed E-state index contributed by atoms with van der Waals surface area (Å²) in [6.45, 7) is 0.557. The van der Waals surface area contributed by atoms with Crippen LogP contribution < -0.4 is 10.1 Å². The van der Waals surface area contributed by atoms with Crippen molar-refractivity contribution >= 4 is 22.6 Å². The number of fused-ring (bicyclic) bond motifs is 1. The molecular weight excluding hydrogens is 418 g/mol. The minimum absolute atomic E-state index is 0.0110. The Morgan fingerprint density at radius 3 is 2.81 bits per heavy atom. The predicted molar refractivity (Wildman–Crippen MR) is 111 cm³/mol. The lowest BCUT2D eigenvalue weighted by molar-refractivity contribution is 0.207. The fourth-order valence-electron chi connectivity index (χ4n) is 3.83. The van der Waals surface area contributed by atoms with Crippen LogP contribution in [-0.4, -0.2) is 41.1 Å². The number of H-pyrrole nitrogens is 1. The molecular formula is C22H16F2N6O2. The minimum atomic E-state index is -0.722. The molecule has 1 aromatic carbocycles. The van der Waals surface area contributed by atoms with Crippen molar-refractivity contribution in [2.45, 2.75) is 6.42 Å². The second-order valence-electron chi connectivity index (χ2n) is 7.00. The average Bonchev–Trinajstić information content (AvgIpc) is 3.18. The molecule has 0 unspecified atom stereocenters. The SMILES string of the molecule is COc1ccc(F)cc1-c1c(F)cnc2[nH]c(C3=CCN(C(=O)NC#N)CC3)c(C#N)c12. The lowest BCUT2D eigenvalue weighted by Gasteiger charge is -2.25. The molecule has 1 aliphatic rings. The van der Waals surface area contributed by atoms with Gasteiger partial charge in [-0.05, 0) is 30.2 Å². The monoisotopic (exact) mass is 434 g/mol. The molecule has 0 radical (unpaired) electrons. The van der Waals surface area contributed by atoms with E-state index in [2.05, 4.69) is 21.4 Å². The van der Waals surface area contributed by atoms with E-state index in [9.17, 15) is 18.8 Å². The van der Waals surface area contributed by atoms with Crippen LogP contribution >= 0.6 is 0 Å². The van der Waals surface area contributed by atoms with E-state index < -0.39 is 17.7 Å². The smallest absolute Gasteiger partial charge is 0.330 e. The zero-order valence-electron chi connectivity index (χ0n) is 16.9. The topological polar surface area (TPSA) is 118 Å². The van der Waals surface area contributed by atoms with Crippen LogP contribution in [0.1, 0.15) is 17.7 Å². The van der Waals surface area contributed by atoms with Gasteiger partial charge in [0.05, 0.1) is 24.6 Å². The van der Waals surface area contributed by atoms with Gasteiger partial charge in [0.15, 0.2) is 6.19 Å². The van der Waals surface area contributed by atoms with Crippen molar-refractivity contribution < 1.29 is 18.3 Å². The number of ether oxygens (including phenoxy) is 1. The summed E-state index contributed by atoms with van der Waals surface area (Å²) in [7, 11) is 1.39. The molecule has 4 rings (SSSR count). The van der Waals surface area contributed by atoms with Crippen LogP contribution in [0.15, 0.2) is 30.5 Å². The molecule has 32 heavy (non-hydrogen) atoms. The number of rotatable bonds is 3. The molecule has 0 fully saturated rings. The number of nitrogens with one attached hydrogen (secondary N) is 2. The van der Waals surface area contributed by atoms with Crippen molar-refractivity contribution in [2.75, 3.05) is 20.2 Å². The summed E-state index contributed by atoms with van der Waals surface area (Å²) in [6, 6.07) is 5.34. The van der Waals surface area contributed by atoms with Crippen molar-refractivity contribution in [1.82, 2.24) is 20.2 Å². The number of carbonyl (C=O) groups excluding carboxylic acids is 1. The molecule has 0 aliphatic carbocycles. The summed E-state index contributed by atoms with van der Waals surface area (Å²) in [5, 5.41) is 20.8. The molecule has 2 aromatic heterocycles. The summed E-state index contributed by atoms with van der Waals surface area (Å²) in [5.41, 5.74) is 1.81. The second kappa shape index (κ2) is 8.36. The lowest BCUT2D eigenvalue weighted by atomic mass is 9.96. The molecule has 2 N–H and O–H groups in total. The number of halogens is 2. The van der Waals surface area contributed by atoms with E-state index in [1.807, 2.05) is 0 Å². The molecule has 1 aliphatic heterocycles. The van der Waals surface area contributed by atoms with E-state index in [1.54, 1.807) is 12.3 Å². The number of hydrogen-bond acceptors (Lipinski definition) is 5. The zero-order valence-corrected chi connectivity index (χ0v) is 16.9. The van der Waals surface area contributed by atoms with Gasteiger partial charge in [-0.15, -0.1) is 0 Å². The predicted octanol–water partition coefficient (Wildman–Crippen LogP) is 3.67. The summed E-state index contributed by atoms with van der Waals surface area (Å²) in [5.74, 6) is -1.05. The maximum atomic E-state index is 15.0. The first-order chi connectivity index (χ1) is 15.5. The standard InChI is InChI=1S/C22H16F2N6O2/c1-32-17-3-2-13(23)8-14(17)18-16(24)10-27-21-19(18)15(9-25)20(29-21)12-4-6-30(7-5-12)22(31)28-11-26/h2-4,8,10H,5-7H2,1H3,(H,27,29)(H,28,31). The van der Waals surface area contributed by atoms with Crippen LogP contribution in [0, 0.1) is 34.4 Å². The molecule has 0 saturated carbocycles. The van der Waals surface area contributed by atoms with Crippen LogP contribution in [0.2, 0.25) is 0 Å². The fraction of sp³-hybridized carbons (Fsp3) is 0.182. The Labute approximate surface area is 181 Å². The first-order valence-electron chi connectivity index (χ1n) is 9.56. The highest BCUT2D eigenvalue weighted by molar-refractivity contribution is 6.02. The number of benzene rings is 1. The molecule has 0 saturated heterocycles. The summed E-state index contributed by atoms with van der Waals surface area (Å²) in [4.78, 5) is 20.4. The molecule has 2 amide bonds. The van der Waals surface area contributed by atoms with Crippen LogP contribution in [0.4, 0.5) is 13.6 Å². The van der Waals surface area contributed by atoms with Crippen molar-refractivity contribution in [3.63, 3.8) is 0 Å². The Balaban J connectivity index is 1.87. The van der Waals surface area contributed by atoms with E-state index in [1.165, 1.54) is 24.1 Å². The maximum Gasteiger partial charge on any atom is 0.330 e. The lowest BCUT2D eigenvalue weighted by Crippen LogP contribution is -2.40. The van der Waals surface area contributed by atoms with Crippen molar-refractivity contribution in [1.29, 1.82) is 10.5 Å². The number of methoxy groups -OCH3 is 1. The van der Waals surface area contributed by atoms with Gasteiger partial charge in [-0.1, -0.05) is 6.08 Å². The van der Waals surface area contributed by atoms with E-state index >= 15 is 0 Å². The number of nitrogens with zero attached hydrogens (tertiary/aromatic N) is 4. The Kier molecular flexibility index (Phi) is 5.44. The van der Waals surface area contributed by atoms with Gasteiger partial charge in [-0.25, -0.2) is 23.9 Å². The summed E-state index contributed by atoms with van der Waals surface area (Å²) < 4.78 is 34.3. The molecule has 8 nitrogen and oxygen atoms in total. The van der Waals surface area contributed by atoms with Gasteiger partial charge in [0.2, 0.25) is 0 Å². The van der Waals surface area contributed by atoms with Crippen LogP contribution in [0.3, 0.4) is 0 Å². The van der Waals surface area contributed by atoms with Gasteiger partial charge >= 0.3 is 6.03 Å². The number of amides is 2. The highest BCUT2D eigenvalue weighted by Gasteiger charge is 2.26. The normalized spacial score (nSPS) is 13.3. The molecule has 10 heteroatoms. The third kappa shape index (κ3) is 3.48. The number of hydrogen-bond donors (Lipinski definition) is 2. The second-order valence-corrected chi connectivity index (χ2v) is 7.00. The maximum absolute atomic E-state index is 15.0. The van der Waals surface area contributed by atoms with E-state index in [4.69, 9.17) is 10.00 Å². The molecule has 3 heterocycles. The van der Waals surface area contributed by atoms with Gasteiger partial charge in [-0.3, -0.25) is 0 Å². The first-order valence-corrected chi connectivity index (χ1v) is 9.56. The van der Waals surface area contributed by atoms with Crippen molar-refractivity contribution in [3.05, 3.63) is 53.4 Å². The minimum Gasteiger partial charge on any atom is -0.496 e. The third-order valence-corrected chi connectivity index (χ3v) is 5.30. The van der Waals surface area contributed by atoms with Gasteiger partial charge in [0, 0.05) is 29.6 Å². The van der Waals surface area contributed by atoms with E-state index in [0.717, 1.165) is 17.8 Å². The van der Waals surface area contributed by atoms with Gasteiger partial charge in [0.1, 0.15) is 29.1 Å². The fourth-order valence-corrected chi connectivity index (χ4v) is 3.83. The number of carbonyl (C=O) groups is 1. The number of aromatic amines is 1.